The SMILES string of the molecule is COc1ccnc(N2CCC(C(C)CCOc3ccc(S(C)(=O)=O)cc3)CC2)n1. The molecule has 0 radical (unpaired) electrons. The van der Waals surface area contributed by atoms with Gasteiger partial charge in [0.05, 0.1) is 18.6 Å². The van der Waals surface area contributed by atoms with E-state index < -0.39 is 9.84 Å². The molecule has 1 unspecified atom stereocenters. The zero-order valence-corrected chi connectivity index (χ0v) is 18.1. The van der Waals surface area contributed by atoms with Crippen molar-refractivity contribution >= 4 is 15.8 Å². The van der Waals surface area contributed by atoms with Crippen LogP contribution in [0.5, 0.6) is 11.6 Å². The van der Waals surface area contributed by atoms with E-state index >= 15 is 0 Å². The quantitative estimate of drug-likeness (QED) is 0.650. The van der Waals surface area contributed by atoms with Crippen molar-refractivity contribution in [1.29, 1.82) is 0 Å². The Morgan fingerprint density at radius 1 is 1.17 bits per heavy atom. The van der Waals surface area contributed by atoms with Gasteiger partial charge in [0.2, 0.25) is 11.8 Å². The highest BCUT2D eigenvalue weighted by Crippen LogP contribution is 2.29. The highest BCUT2D eigenvalue weighted by atomic mass is 32.2. The predicted octanol–water partition coefficient (Wildman–Crippen LogP) is 3.21. The fourth-order valence-electron chi connectivity index (χ4n) is 3.65. The van der Waals surface area contributed by atoms with E-state index in [1.165, 1.54) is 6.26 Å². The minimum Gasteiger partial charge on any atom is -0.494 e. The van der Waals surface area contributed by atoms with Gasteiger partial charge in [-0.25, -0.2) is 13.4 Å². The van der Waals surface area contributed by atoms with Crippen LogP contribution in [0.15, 0.2) is 41.4 Å². The second kappa shape index (κ2) is 9.43. The summed E-state index contributed by atoms with van der Waals surface area (Å²) in [7, 11) is -1.56. The Labute approximate surface area is 173 Å². The van der Waals surface area contributed by atoms with E-state index in [1.54, 1.807) is 43.6 Å². The molecular formula is C21H29N3O4S. The van der Waals surface area contributed by atoms with Crippen molar-refractivity contribution < 1.29 is 17.9 Å². The molecule has 1 aliphatic rings. The summed E-state index contributed by atoms with van der Waals surface area (Å²) in [5, 5.41) is 0. The van der Waals surface area contributed by atoms with Gasteiger partial charge < -0.3 is 14.4 Å². The van der Waals surface area contributed by atoms with Gasteiger partial charge >= 0.3 is 0 Å². The third kappa shape index (κ3) is 5.82. The second-order valence-corrected chi connectivity index (χ2v) is 9.60. The van der Waals surface area contributed by atoms with E-state index in [9.17, 15) is 8.42 Å². The van der Waals surface area contributed by atoms with Crippen molar-refractivity contribution in [3.63, 3.8) is 0 Å². The number of methoxy groups -OCH3 is 1. The molecule has 1 atom stereocenters. The van der Waals surface area contributed by atoms with Crippen LogP contribution in [0.2, 0.25) is 0 Å². The lowest BCUT2D eigenvalue weighted by atomic mass is 9.84. The van der Waals surface area contributed by atoms with E-state index in [4.69, 9.17) is 9.47 Å². The first-order valence-electron chi connectivity index (χ1n) is 9.91. The molecule has 1 aromatic heterocycles. The van der Waals surface area contributed by atoms with Gasteiger partial charge in [-0.1, -0.05) is 6.92 Å². The third-order valence-corrected chi connectivity index (χ3v) is 6.68. The van der Waals surface area contributed by atoms with E-state index in [0.29, 0.717) is 35.0 Å². The summed E-state index contributed by atoms with van der Waals surface area (Å²) in [6.07, 6.45) is 6.11. The molecule has 1 saturated heterocycles. The Kier molecular flexibility index (Phi) is 6.95. The molecule has 0 N–H and O–H groups in total. The maximum atomic E-state index is 11.5. The van der Waals surface area contributed by atoms with Gasteiger partial charge in [-0.2, -0.15) is 4.98 Å². The van der Waals surface area contributed by atoms with Crippen LogP contribution in [0.3, 0.4) is 0 Å². The zero-order valence-electron chi connectivity index (χ0n) is 17.2. The van der Waals surface area contributed by atoms with Crippen molar-refractivity contribution in [2.75, 3.05) is 38.0 Å². The van der Waals surface area contributed by atoms with Crippen LogP contribution < -0.4 is 14.4 Å². The van der Waals surface area contributed by atoms with Gasteiger partial charge in [0.1, 0.15) is 5.75 Å². The summed E-state index contributed by atoms with van der Waals surface area (Å²) in [6, 6.07) is 8.36. The van der Waals surface area contributed by atoms with Gasteiger partial charge in [0.15, 0.2) is 9.84 Å². The van der Waals surface area contributed by atoms with E-state index in [2.05, 4.69) is 21.8 Å². The topological polar surface area (TPSA) is 81.6 Å². The third-order valence-electron chi connectivity index (χ3n) is 5.55. The summed E-state index contributed by atoms with van der Waals surface area (Å²) in [4.78, 5) is 11.3. The number of sulfone groups is 1. The van der Waals surface area contributed by atoms with Crippen molar-refractivity contribution in [2.45, 2.75) is 31.1 Å². The Hall–Kier alpha value is -2.35. The monoisotopic (exact) mass is 419 g/mol. The Bertz CT molecular complexity index is 894. The van der Waals surface area contributed by atoms with Gasteiger partial charge in [0, 0.05) is 31.6 Å². The van der Waals surface area contributed by atoms with Crippen molar-refractivity contribution in [3.05, 3.63) is 36.5 Å². The standard InChI is InChI=1S/C21H29N3O4S/c1-16(11-15-28-18-4-6-19(7-5-18)29(3,25)26)17-9-13-24(14-10-17)21-22-12-8-20(23-21)27-2/h4-8,12,16-17H,9-11,13-15H2,1-3H3. The van der Waals surface area contributed by atoms with Gasteiger partial charge in [-0.3, -0.25) is 0 Å². The summed E-state index contributed by atoms with van der Waals surface area (Å²) >= 11 is 0. The molecule has 0 saturated carbocycles. The molecule has 1 fully saturated rings. The van der Waals surface area contributed by atoms with Crippen LogP contribution in [-0.2, 0) is 9.84 Å². The van der Waals surface area contributed by atoms with Crippen LogP contribution in [0.4, 0.5) is 5.95 Å². The lowest BCUT2D eigenvalue weighted by Crippen LogP contribution is -2.37. The second-order valence-electron chi connectivity index (χ2n) is 7.58. The number of ether oxygens (including phenoxy) is 2. The first-order valence-corrected chi connectivity index (χ1v) is 11.8. The molecule has 0 spiro atoms. The number of rotatable bonds is 8. The summed E-state index contributed by atoms with van der Waals surface area (Å²) < 4.78 is 34.0. The molecule has 1 aromatic carbocycles. The molecule has 2 heterocycles. The highest BCUT2D eigenvalue weighted by Gasteiger charge is 2.25. The maximum Gasteiger partial charge on any atom is 0.228 e. The smallest absolute Gasteiger partial charge is 0.228 e. The van der Waals surface area contributed by atoms with E-state index in [1.807, 2.05) is 0 Å². The lowest BCUT2D eigenvalue weighted by Gasteiger charge is -2.35. The molecule has 158 valence electrons. The number of anilines is 1. The van der Waals surface area contributed by atoms with Crippen LogP contribution in [0.1, 0.15) is 26.2 Å². The van der Waals surface area contributed by atoms with Crippen LogP contribution in [-0.4, -0.2) is 51.4 Å². The summed E-state index contributed by atoms with van der Waals surface area (Å²) in [5.41, 5.74) is 0. The normalized spacial score (nSPS) is 16.4. The van der Waals surface area contributed by atoms with Gasteiger partial charge in [-0.05, 0) is 55.4 Å². The highest BCUT2D eigenvalue weighted by molar-refractivity contribution is 7.90. The molecule has 0 amide bonds. The van der Waals surface area contributed by atoms with Gasteiger partial charge in [-0.15, -0.1) is 0 Å². The van der Waals surface area contributed by atoms with E-state index in [-0.39, 0.29) is 0 Å². The average molecular weight is 420 g/mol. The van der Waals surface area contributed by atoms with Crippen molar-refractivity contribution in [2.24, 2.45) is 11.8 Å². The minimum atomic E-state index is -3.17. The molecular weight excluding hydrogens is 390 g/mol. The zero-order chi connectivity index (χ0) is 20.9. The van der Waals surface area contributed by atoms with Crippen LogP contribution >= 0.6 is 0 Å². The van der Waals surface area contributed by atoms with Gasteiger partial charge in [0.25, 0.3) is 0 Å². The van der Waals surface area contributed by atoms with Crippen LogP contribution in [0, 0.1) is 11.8 Å². The molecule has 0 aliphatic carbocycles. The first-order chi connectivity index (χ1) is 13.9. The Morgan fingerprint density at radius 3 is 2.48 bits per heavy atom. The van der Waals surface area contributed by atoms with Crippen LogP contribution in [0.25, 0.3) is 0 Å². The molecule has 0 bridgehead atoms. The number of hydrogen-bond donors (Lipinski definition) is 0. The van der Waals surface area contributed by atoms with E-state index in [0.717, 1.165) is 38.3 Å². The number of nitrogens with zero attached hydrogens (tertiary/aromatic N) is 3. The predicted molar refractivity (Wildman–Crippen MR) is 112 cm³/mol. The lowest BCUT2D eigenvalue weighted by molar-refractivity contribution is 0.222. The Balaban J connectivity index is 1.43. The fraction of sp³-hybridized carbons (Fsp3) is 0.524. The Morgan fingerprint density at radius 2 is 1.86 bits per heavy atom. The summed E-state index contributed by atoms with van der Waals surface area (Å²) in [6.45, 7) is 4.78. The molecule has 2 aromatic rings. The number of benzene rings is 1. The molecule has 8 heteroatoms. The fourth-order valence-corrected chi connectivity index (χ4v) is 4.28. The largest absolute Gasteiger partial charge is 0.494 e. The summed E-state index contributed by atoms with van der Waals surface area (Å²) in [5.74, 6) is 3.23. The average Bonchev–Trinajstić information content (AvgIpc) is 2.73. The molecule has 7 nitrogen and oxygen atoms in total. The molecule has 29 heavy (non-hydrogen) atoms. The molecule has 3 rings (SSSR count). The molecule has 1 aliphatic heterocycles. The first kappa shape index (κ1) is 21.4. The van der Waals surface area contributed by atoms with Crippen molar-refractivity contribution in [3.8, 4) is 11.6 Å². The van der Waals surface area contributed by atoms with Crippen molar-refractivity contribution in [1.82, 2.24) is 9.97 Å². The number of piperidine rings is 1. The minimum absolute atomic E-state index is 0.310. The maximum absolute atomic E-state index is 11.5. The number of hydrogen-bond acceptors (Lipinski definition) is 7. The number of aromatic nitrogens is 2.